The monoisotopic (exact) mass is 429 g/mol. The summed E-state index contributed by atoms with van der Waals surface area (Å²) in [6, 6.07) is 12.8. The van der Waals surface area contributed by atoms with Crippen LogP contribution in [0.1, 0.15) is 24.0 Å². The average molecular weight is 430 g/mol. The van der Waals surface area contributed by atoms with Gasteiger partial charge in [-0.2, -0.15) is 0 Å². The van der Waals surface area contributed by atoms with Gasteiger partial charge in [0.25, 0.3) is 0 Å². The summed E-state index contributed by atoms with van der Waals surface area (Å²) in [6.07, 6.45) is 1.07. The van der Waals surface area contributed by atoms with Crippen molar-refractivity contribution in [2.75, 3.05) is 38.1 Å². The summed E-state index contributed by atoms with van der Waals surface area (Å²) in [5.74, 6) is 0.839. The second kappa shape index (κ2) is 10.3. The summed E-state index contributed by atoms with van der Waals surface area (Å²) in [4.78, 5) is 28.7. The molecule has 2 aromatic carbocycles. The molecule has 0 aliphatic carbocycles. The summed E-state index contributed by atoms with van der Waals surface area (Å²) in [7, 11) is 0. The van der Waals surface area contributed by atoms with Crippen LogP contribution in [-0.4, -0.2) is 54.5 Å². The van der Waals surface area contributed by atoms with Gasteiger partial charge in [-0.15, -0.1) is 0 Å². The van der Waals surface area contributed by atoms with E-state index in [9.17, 15) is 9.59 Å². The molecule has 0 spiro atoms. The largest absolute Gasteiger partial charge is 0.493 e. The maximum absolute atomic E-state index is 12.6. The minimum absolute atomic E-state index is 0.0544. The standard InChI is InChI=1S/C23H28ClN3O3/c1-17-4-9-21(16-18(17)2)30-15-10-22(28)26-11-3-12-27(14-13-26)23(29)25-20-7-5-19(24)6-8-20/h4-9,16H,3,10-15H2,1-2H3,(H,25,29). The number of halogens is 1. The van der Waals surface area contributed by atoms with Crippen LogP contribution in [0.5, 0.6) is 5.75 Å². The third-order valence-electron chi connectivity index (χ3n) is 5.29. The molecule has 3 rings (SSSR count). The molecule has 0 radical (unpaired) electrons. The van der Waals surface area contributed by atoms with Crippen molar-refractivity contribution < 1.29 is 14.3 Å². The number of urea groups is 1. The lowest BCUT2D eigenvalue weighted by atomic mass is 10.1. The van der Waals surface area contributed by atoms with Gasteiger partial charge in [0.15, 0.2) is 0 Å². The summed E-state index contributed by atoms with van der Waals surface area (Å²) in [5, 5.41) is 3.50. The quantitative estimate of drug-likeness (QED) is 0.761. The highest BCUT2D eigenvalue weighted by Gasteiger charge is 2.22. The molecule has 0 aromatic heterocycles. The molecular formula is C23H28ClN3O3. The molecular weight excluding hydrogens is 402 g/mol. The minimum Gasteiger partial charge on any atom is -0.493 e. The average Bonchev–Trinajstić information content (AvgIpc) is 2.99. The Morgan fingerprint density at radius 2 is 1.67 bits per heavy atom. The fraction of sp³-hybridized carbons (Fsp3) is 0.391. The van der Waals surface area contributed by atoms with Crippen LogP contribution in [0.25, 0.3) is 0 Å². The Morgan fingerprint density at radius 1 is 0.967 bits per heavy atom. The first-order valence-electron chi connectivity index (χ1n) is 10.2. The Balaban J connectivity index is 1.44. The van der Waals surface area contributed by atoms with E-state index in [1.54, 1.807) is 29.2 Å². The van der Waals surface area contributed by atoms with E-state index in [1.807, 2.05) is 30.0 Å². The van der Waals surface area contributed by atoms with Gasteiger partial charge in [-0.05, 0) is 67.8 Å². The second-order valence-electron chi connectivity index (χ2n) is 7.50. The lowest BCUT2D eigenvalue weighted by Gasteiger charge is -2.22. The van der Waals surface area contributed by atoms with Crippen LogP contribution in [0, 0.1) is 13.8 Å². The van der Waals surface area contributed by atoms with E-state index in [-0.39, 0.29) is 11.9 Å². The van der Waals surface area contributed by atoms with E-state index in [1.165, 1.54) is 11.1 Å². The molecule has 1 aliphatic heterocycles. The first kappa shape index (κ1) is 22.0. The molecule has 30 heavy (non-hydrogen) atoms. The highest BCUT2D eigenvalue weighted by molar-refractivity contribution is 6.30. The third kappa shape index (κ3) is 6.13. The van der Waals surface area contributed by atoms with Crippen LogP contribution in [0.2, 0.25) is 5.02 Å². The molecule has 1 saturated heterocycles. The number of nitrogens with zero attached hydrogens (tertiary/aromatic N) is 2. The third-order valence-corrected chi connectivity index (χ3v) is 5.55. The molecule has 0 atom stereocenters. The van der Waals surface area contributed by atoms with Gasteiger partial charge in [-0.1, -0.05) is 17.7 Å². The number of nitrogens with one attached hydrogen (secondary N) is 1. The highest BCUT2D eigenvalue weighted by atomic mass is 35.5. The number of carbonyl (C=O) groups is 2. The van der Waals surface area contributed by atoms with E-state index >= 15 is 0 Å². The summed E-state index contributed by atoms with van der Waals surface area (Å²) < 4.78 is 5.74. The van der Waals surface area contributed by atoms with Gasteiger partial charge >= 0.3 is 6.03 Å². The van der Waals surface area contributed by atoms with Crippen LogP contribution in [0.4, 0.5) is 10.5 Å². The van der Waals surface area contributed by atoms with Gasteiger partial charge in [0, 0.05) is 36.9 Å². The topological polar surface area (TPSA) is 61.9 Å². The number of anilines is 1. The zero-order valence-corrected chi connectivity index (χ0v) is 18.2. The summed E-state index contributed by atoms with van der Waals surface area (Å²) in [6.45, 7) is 6.73. The maximum atomic E-state index is 12.6. The molecule has 0 saturated carbocycles. The van der Waals surface area contributed by atoms with Crippen molar-refractivity contribution in [2.24, 2.45) is 0 Å². The Labute approximate surface area is 182 Å². The van der Waals surface area contributed by atoms with Crippen LogP contribution in [0.3, 0.4) is 0 Å². The number of carbonyl (C=O) groups excluding carboxylic acids is 2. The van der Waals surface area contributed by atoms with Gasteiger partial charge in [0.2, 0.25) is 5.91 Å². The summed E-state index contributed by atoms with van der Waals surface area (Å²) in [5.41, 5.74) is 3.08. The molecule has 1 heterocycles. The Hall–Kier alpha value is -2.73. The zero-order valence-electron chi connectivity index (χ0n) is 17.5. The van der Waals surface area contributed by atoms with Gasteiger partial charge in [-0.3, -0.25) is 4.79 Å². The van der Waals surface area contributed by atoms with Crippen molar-refractivity contribution in [3.63, 3.8) is 0 Å². The van der Waals surface area contributed by atoms with Crippen molar-refractivity contribution in [1.82, 2.24) is 9.80 Å². The summed E-state index contributed by atoms with van der Waals surface area (Å²) >= 11 is 5.88. The number of aryl methyl sites for hydroxylation is 2. The van der Waals surface area contributed by atoms with Gasteiger partial charge in [0.1, 0.15) is 5.75 Å². The molecule has 7 heteroatoms. The number of rotatable bonds is 5. The van der Waals surface area contributed by atoms with Gasteiger partial charge < -0.3 is 19.9 Å². The number of amides is 3. The molecule has 3 amide bonds. The van der Waals surface area contributed by atoms with Crippen LogP contribution in [-0.2, 0) is 4.79 Å². The molecule has 0 bridgehead atoms. The molecule has 1 fully saturated rings. The van der Waals surface area contributed by atoms with E-state index in [0.29, 0.717) is 49.9 Å². The first-order valence-corrected chi connectivity index (χ1v) is 10.6. The predicted octanol–water partition coefficient (Wildman–Crippen LogP) is 4.49. The molecule has 160 valence electrons. The van der Waals surface area contributed by atoms with Crippen molar-refractivity contribution in [3.05, 3.63) is 58.6 Å². The van der Waals surface area contributed by atoms with Crippen LogP contribution >= 0.6 is 11.6 Å². The van der Waals surface area contributed by atoms with Crippen LogP contribution < -0.4 is 10.1 Å². The number of hydrogen-bond acceptors (Lipinski definition) is 3. The highest BCUT2D eigenvalue weighted by Crippen LogP contribution is 2.17. The van der Waals surface area contributed by atoms with Crippen molar-refractivity contribution >= 4 is 29.2 Å². The SMILES string of the molecule is Cc1ccc(OCCC(=O)N2CCCN(C(=O)Nc3ccc(Cl)cc3)CC2)cc1C. The number of ether oxygens (including phenoxy) is 1. The molecule has 1 aliphatic rings. The first-order chi connectivity index (χ1) is 14.4. The van der Waals surface area contributed by atoms with Crippen molar-refractivity contribution in [2.45, 2.75) is 26.7 Å². The normalized spacial score (nSPS) is 14.2. The number of benzene rings is 2. The molecule has 1 N–H and O–H groups in total. The zero-order chi connectivity index (χ0) is 21.5. The molecule has 2 aromatic rings. The predicted molar refractivity (Wildman–Crippen MR) is 119 cm³/mol. The Morgan fingerprint density at radius 3 is 2.40 bits per heavy atom. The minimum atomic E-state index is -0.162. The van der Waals surface area contributed by atoms with E-state index < -0.39 is 0 Å². The lowest BCUT2D eigenvalue weighted by molar-refractivity contribution is -0.131. The van der Waals surface area contributed by atoms with Crippen LogP contribution in [0.15, 0.2) is 42.5 Å². The Kier molecular flexibility index (Phi) is 7.57. The fourth-order valence-corrected chi connectivity index (χ4v) is 3.45. The molecule has 6 nitrogen and oxygen atoms in total. The van der Waals surface area contributed by atoms with E-state index in [0.717, 1.165) is 12.2 Å². The van der Waals surface area contributed by atoms with Gasteiger partial charge in [0.05, 0.1) is 13.0 Å². The fourth-order valence-electron chi connectivity index (χ4n) is 3.32. The number of hydrogen-bond donors (Lipinski definition) is 1. The lowest BCUT2D eigenvalue weighted by Crippen LogP contribution is -2.39. The van der Waals surface area contributed by atoms with Crippen molar-refractivity contribution in [1.29, 1.82) is 0 Å². The smallest absolute Gasteiger partial charge is 0.321 e. The maximum Gasteiger partial charge on any atom is 0.321 e. The molecule has 0 unspecified atom stereocenters. The Bertz CT molecular complexity index is 886. The van der Waals surface area contributed by atoms with Crippen molar-refractivity contribution in [3.8, 4) is 5.75 Å². The van der Waals surface area contributed by atoms with E-state index in [4.69, 9.17) is 16.3 Å². The second-order valence-corrected chi connectivity index (χ2v) is 7.94. The van der Waals surface area contributed by atoms with E-state index in [2.05, 4.69) is 12.2 Å². The van der Waals surface area contributed by atoms with Gasteiger partial charge in [-0.25, -0.2) is 4.79 Å².